The topological polar surface area (TPSA) is 55.6 Å². The number of hydrogen-bond acceptors (Lipinski definition) is 3. The van der Waals surface area contributed by atoms with E-state index in [9.17, 15) is 4.79 Å². The Bertz CT molecular complexity index is 425. The number of ether oxygens (including phenoxy) is 1. The molecule has 0 saturated carbocycles. The van der Waals surface area contributed by atoms with E-state index < -0.39 is 0 Å². The molecule has 1 saturated heterocycles. The molecule has 2 rings (SSSR count). The van der Waals surface area contributed by atoms with E-state index in [1.165, 1.54) is 0 Å². The molecule has 1 aliphatic rings. The second kappa shape index (κ2) is 6.07. The number of rotatable bonds is 4. The molecule has 2 N–H and O–H groups in total. The minimum absolute atomic E-state index is 0.0926. The van der Waals surface area contributed by atoms with Crippen LogP contribution in [0.1, 0.15) is 12.8 Å². The fourth-order valence-electron chi connectivity index (χ4n) is 1.98. The Labute approximate surface area is 112 Å². The highest BCUT2D eigenvalue weighted by Gasteiger charge is 2.23. The summed E-state index contributed by atoms with van der Waals surface area (Å²) in [5.41, 5.74) is 5.76. The minimum Gasteiger partial charge on any atom is -0.491 e. The van der Waals surface area contributed by atoms with Crippen molar-refractivity contribution in [3.05, 3.63) is 29.3 Å². The van der Waals surface area contributed by atoms with Crippen LogP contribution in [0.3, 0.4) is 0 Å². The lowest BCUT2D eigenvalue weighted by Crippen LogP contribution is -2.32. The average Bonchev–Trinajstić information content (AvgIpc) is 2.78. The van der Waals surface area contributed by atoms with Crippen LogP contribution in [0.5, 0.6) is 5.75 Å². The zero-order chi connectivity index (χ0) is 13.0. The number of carbonyl (C=O) groups excluding carboxylic acids is 1. The van der Waals surface area contributed by atoms with Crippen LogP contribution in [0, 0.1) is 0 Å². The molecule has 1 atom stereocenters. The first-order chi connectivity index (χ1) is 8.66. The summed E-state index contributed by atoms with van der Waals surface area (Å²) in [6.07, 6.45) is 1.25. The number of nitrogens with two attached hydrogens (primary N) is 1. The Morgan fingerprint density at radius 3 is 2.94 bits per heavy atom. The molecule has 1 aromatic carbocycles. The van der Waals surface area contributed by atoms with Gasteiger partial charge in [-0.25, -0.2) is 0 Å². The largest absolute Gasteiger partial charge is 0.491 e. The molecule has 1 amide bonds. The summed E-state index contributed by atoms with van der Waals surface area (Å²) in [5.74, 6) is 0.708. The second-order valence-corrected chi connectivity index (χ2v) is 4.82. The summed E-state index contributed by atoms with van der Waals surface area (Å²) in [6.45, 7) is 1.76. The van der Waals surface area contributed by atoms with Gasteiger partial charge in [-0.3, -0.25) is 4.79 Å². The summed E-state index contributed by atoms with van der Waals surface area (Å²) in [6, 6.07) is 7.36. The van der Waals surface area contributed by atoms with Crippen LogP contribution in [-0.2, 0) is 4.79 Å². The number of nitrogens with zero attached hydrogens (tertiary/aromatic N) is 1. The number of likely N-dealkylation sites (tertiary alicyclic amines) is 1. The molecule has 1 heterocycles. The zero-order valence-electron chi connectivity index (χ0n) is 10.1. The van der Waals surface area contributed by atoms with Crippen molar-refractivity contribution in [3.63, 3.8) is 0 Å². The highest BCUT2D eigenvalue weighted by Crippen LogP contribution is 2.23. The van der Waals surface area contributed by atoms with Crippen LogP contribution in [0.4, 0.5) is 0 Å². The van der Waals surface area contributed by atoms with Crippen molar-refractivity contribution in [2.75, 3.05) is 19.7 Å². The Kier molecular flexibility index (Phi) is 4.44. The summed E-state index contributed by atoms with van der Waals surface area (Å²) in [4.78, 5) is 13.6. The van der Waals surface area contributed by atoms with Gasteiger partial charge in [0, 0.05) is 19.1 Å². The van der Waals surface area contributed by atoms with Gasteiger partial charge in [-0.2, -0.15) is 0 Å². The van der Waals surface area contributed by atoms with Crippen molar-refractivity contribution in [2.24, 2.45) is 5.73 Å². The van der Waals surface area contributed by atoms with Crippen LogP contribution < -0.4 is 10.5 Å². The molecule has 0 aromatic heterocycles. The van der Waals surface area contributed by atoms with Crippen LogP contribution >= 0.6 is 11.6 Å². The maximum absolute atomic E-state index is 11.8. The van der Waals surface area contributed by atoms with E-state index in [1.807, 2.05) is 12.1 Å². The molecule has 1 aromatic rings. The van der Waals surface area contributed by atoms with E-state index in [-0.39, 0.29) is 11.9 Å². The van der Waals surface area contributed by atoms with Crippen LogP contribution in [0.15, 0.2) is 24.3 Å². The quantitative estimate of drug-likeness (QED) is 0.904. The molecule has 18 heavy (non-hydrogen) atoms. The fraction of sp³-hybridized carbons (Fsp3) is 0.462. The van der Waals surface area contributed by atoms with Crippen molar-refractivity contribution in [1.82, 2.24) is 4.90 Å². The van der Waals surface area contributed by atoms with Crippen LogP contribution in [0.25, 0.3) is 0 Å². The fourth-order valence-corrected chi connectivity index (χ4v) is 2.17. The molecule has 1 aliphatic heterocycles. The first-order valence-corrected chi connectivity index (χ1v) is 6.45. The standard InChI is InChI=1S/C13H17ClN2O2/c14-11-3-1-2-4-12(11)18-8-6-13(17)16-7-5-10(15)9-16/h1-4,10H,5-9,15H2/t10-/m1/s1. The summed E-state index contributed by atoms with van der Waals surface area (Å²) in [5, 5.41) is 0.563. The number of carbonyl (C=O) groups is 1. The third-order valence-electron chi connectivity index (χ3n) is 2.99. The van der Waals surface area contributed by atoms with Gasteiger partial charge in [0.05, 0.1) is 18.1 Å². The van der Waals surface area contributed by atoms with E-state index in [4.69, 9.17) is 22.1 Å². The molecule has 4 nitrogen and oxygen atoms in total. The van der Waals surface area contributed by atoms with E-state index in [2.05, 4.69) is 0 Å². The van der Waals surface area contributed by atoms with Crippen molar-refractivity contribution in [3.8, 4) is 5.75 Å². The van der Waals surface area contributed by atoms with Gasteiger partial charge in [-0.1, -0.05) is 23.7 Å². The highest BCUT2D eigenvalue weighted by molar-refractivity contribution is 6.32. The Morgan fingerprint density at radius 2 is 2.28 bits per heavy atom. The molecule has 5 heteroatoms. The van der Waals surface area contributed by atoms with Crippen molar-refractivity contribution in [2.45, 2.75) is 18.9 Å². The average molecular weight is 269 g/mol. The molecular weight excluding hydrogens is 252 g/mol. The van der Waals surface area contributed by atoms with Gasteiger partial charge in [0.15, 0.2) is 0 Å². The molecule has 0 spiro atoms. The molecule has 0 aliphatic carbocycles. The van der Waals surface area contributed by atoms with Crippen molar-refractivity contribution < 1.29 is 9.53 Å². The highest BCUT2D eigenvalue weighted by atomic mass is 35.5. The summed E-state index contributed by atoms with van der Waals surface area (Å²) < 4.78 is 5.48. The lowest BCUT2D eigenvalue weighted by molar-refractivity contribution is -0.130. The van der Waals surface area contributed by atoms with Gasteiger partial charge in [-0.05, 0) is 18.6 Å². The predicted octanol–water partition coefficient (Wildman–Crippen LogP) is 1.67. The van der Waals surface area contributed by atoms with Gasteiger partial charge in [-0.15, -0.1) is 0 Å². The van der Waals surface area contributed by atoms with E-state index >= 15 is 0 Å². The normalized spacial score (nSPS) is 19.0. The van der Waals surface area contributed by atoms with Gasteiger partial charge < -0.3 is 15.4 Å². The second-order valence-electron chi connectivity index (χ2n) is 4.42. The van der Waals surface area contributed by atoms with Crippen LogP contribution in [-0.4, -0.2) is 36.5 Å². The maximum atomic E-state index is 11.8. The lowest BCUT2D eigenvalue weighted by atomic mass is 10.3. The first-order valence-electron chi connectivity index (χ1n) is 6.07. The first kappa shape index (κ1) is 13.2. The Balaban J connectivity index is 1.75. The van der Waals surface area contributed by atoms with Crippen molar-refractivity contribution in [1.29, 1.82) is 0 Å². The molecule has 0 unspecified atom stereocenters. The van der Waals surface area contributed by atoms with Gasteiger partial charge in [0.2, 0.25) is 5.91 Å². The number of amides is 1. The minimum atomic E-state index is 0.0926. The molecule has 0 radical (unpaired) electrons. The van der Waals surface area contributed by atoms with E-state index in [0.717, 1.165) is 13.0 Å². The van der Waals surface area contributed by atoms with Crippen molar-refractivity contribution >= 4 is 17.5 Å². The van der Waals surface area contributed by atoms with Gasteiger partial charge in [0.1, 0.15) is 5.75 Å². The molecule has 0 bridgehead atoms. The number of halogens is 1. The zero-order valence-corrected chi connectivity index (χ0v) is 10.9. The number of hydrogen-bond donors (Lipinski definition) is 1. The monoisotopic (exact) mass is 268 g/mol. The summed E-state index contributed by atoms with van der Waals surface area (Å²) >= 11 is 5.95. The van der Waals surface area contributed by atoms with E-state index in [1.54, 1.807) is 17.0 Å². The number of para-hydroxylation sites is 1. The third kappa shape index (κ3) is 3.37. The smallest absolute Gasteiger partial charge is 0.226 e. The number of benzene rings is 1. The summed E-state index contributed by atoms with van der Waals surface area (Å²) in [7, 11) is 0. The van der Waals surface area contributed by atoms with Crippen LogP contribution in [0.2, 0.25) is 5.02 Å². The van der Waals surface area contributed by atoms with Gasteiger partial charge in [0.25, 0.3) is 0 Å². The molecule has 1 fully saturated rings. The third-order valence-corrected chi connectivity index (χ3v) is 3.30. The molecular formula is C13H17ClN2O2. The van der Waals surface area contributed by atoms with E-state index in [0.29, 0.717) is 30.3 Å². The SMILES string of the molecule is N[C@@H]1CCN(C(=O)CCOc2ccccc2Cl)C1. The molecule has 98 valence electrons. The van der Waals surface area contributed by atoms with Gasteiger partial charge >= 0.3 is 0 Å². The predicted molar refractivity (Wildman–Crippen MR) is 70.7 cm³/mol. The Hall–Kier alpha value is -1.26. The lowest BCUT2D eigenvalue weighted by Gasteiger charge is -2.16. The Morgan fingerprint density at radius 1 is 1.50 bits per heavy atom. The maximum Gasteiger partial charge on any atom is 0.226 e.